The van der Waals surface area contributed by atoms with Gasteiger partial charge in [0.05, 0.1) is 5.92 Å². The van der Waals surface area contributed by atoms with Crippen LogP contribution in [-0.2, 0) is 9.59 Å². The third kappa shape index (κ3) is 3.61. The van der Waals surface area contributed by atoms with Crippen molar-refractivity contribution in [3.8, 4) is 0 Å². The number of likely N-dealkylation sites (tertiary alicyclic amines) is 1. The molecule has 2 N–H and O–H groups in total. The lowest BCUT2D eigenvalue weighted by molar-refractivity contribution is -0.140. The number of carbonyl (C=O) groups is 2. The third-order valence-corrected chi connectivity index (χ3v) is 6.45. The molecule has 0 bridgehead atoms. The highest BCUT2D eigenvalue weighted by atomic mass is 16.2. The number of rotatable bonds is 5. The number of nitrogens with one attached hydrogen (secondary N) is 2. The molecule has 0 aromatic heterocycles. The Bertz CT molecular complexity index is 473. The van der Waals surface area contributed by atoms with Gasteiger partial charge in [0, 0.05) is 25.0 Å². The van der Waals surface area contributed by atoms with Crippen LogP contribution in [0.5, 0.6) is 0 Å². The van der Waals surface area contributed by atoms with Crippen molar-refractivity contribution >= 4 is 11.8 Å². The molecular weight excluding hydrogens is 302 g/mol. The van der Waals surface area contributed by atoms with Gasteiger partial charge in [-0.2, -0.15) is 0 Å². The van der Waals surface area contributed by atoms with E-state index in [9.17, 15) is 9.59 Å². The normalized spacial score (nSPS) is 31.8. The lowest BCUT2D eigenvalue weighted by Gasteiger charge is -2.38. The van der Waals surface area contributed by atoms with Crippen LogP contribution in [0.3, 0.4) is 0 Å². The standard InChI is InChI=1S/C19H33N3O2/c1-3-4-9-21-17(23)15-6-5-14(2)22(13-15)18(24)16-12-19(16)7-10-20-11-8-19/h14-16,20H,3-13H2,1-2H3,(H,21,23). The fourth-order valence-electron chi connectivity index (χ4n) is 4.54. The van der Waals surface area contributed by atoms with Crippen molar-refractivity contribution in [1.82, 2.24) is 15.5 Å². The molecule has 5 nitrogen and oxygen atoms in total. The molecule has 1 spiro atoms. The molecule has 3 aliphatic rings. The molecule has 0 aromatic carbocycles. The predicted molar refractivity (Wildman–Crippen MR) is 94.5 cm³/mol. The number of hydrogen-bond acceptors (Lipinski definition) is 3. The van der Waals surface area contributed by atoms with Crippen molar-refractivity contribution < 1.29 is 9.59 Å². The fourth-order valence-corrected chi connectivity index (χ4v) is 4.54. The molecule has 0 radical (unpaired) electrons. The van der Waals surface area contributed by atoms with Crippen LogP contribution in [0.25, 0.3) is 0 Å². The maximum atomic E-state index is 13.0. The molecule has 3 atom stereocenters. The lowest BCUT2D eigenvalue weighted by Crippen LogP contribution is -2.50. The zero-order valence-electron chi connectivity index (χ0n) is 15.3. The summed E-state index contributed by atoms with van der Waals surface area (Å²) in [6.45, 7) is 7.72. The summed E-state index contributed by atoms with van der Waals surface area (Å²) in [4.78, 5) is 27.4. The van der Waals surface area contributed by atoms with Crippen LogP contribution < -0.4 is 10.6 Å². The molecule has 136 valence electrons. The van der Waals surface area contributed by atoms with Gasteiger partial charge in [-0.05, 0) is 64.0 Å². The monoisotopic (exact) mass is 335 g/mol. The van der Waals surface area contributed by atoms with E-state index in [1.54, 1.807) is 0 Å². The Hall–Kier alpha value is -1.10. The van der Waals surface area contributed by atoms with E-state index in [2.05, 4.69) is 24.5 Å². The summed E-state index contributed by atoms with van der Waals surface area (Å²) in [5.41, 5.74) is 0.276. The smallest absolute Gasteiger partial charge is 0.226 e. The maximum absolute atomic E-state index is 13.0. The second kappa shape index (κ2) is 7.42. The van der Waals surface area contributed by atoms with Crippen molar-refractivity contribution in [1.29, 1.82) is 0 Å². The van der Waals surface area contributed by atoms with Gasteiger partial charge in [-0.1, -0.05) is 13.3 Å². The first-order valence-corrected chi connectivity index (χ1v) is 9.86. The van der Waals surface area contributed by atoms with Gasteiger partial charge in [0.2, 0.25) is 11.8 Å². The van der Waals surface area contributed by atoms with E-state index in [0.717, 1.165) is 64.6 Å². The molecule has 1 aliphatic carbocycles. The van der Waals surface area contributed by atoms with Gasteiger partial charge in [-0.25, -0.2) is 0 Å². The summed E-state index contributed by atoms with van der Waals surface area (Å²) in [5.74, 6) is 0.643. The summed E-state index contributed by atoms with van der Waals surface area (Å²) >= 11 is 0. The van der Waals surface area contributed by atoms with Crippen LogP contribution in [0.2, 0.25) is 0 Å². The van der Waals surface area contributed by atoms with Crippen LogP contribution in [0.15, 0.2) is 0 Å². The molecular formula is C19H33N3O2. The van der Waals surface area contributed by atoms with Crippen LogP contribution in [0.4, 0.5) is 0 Å². The Kier molecular flexibility index (Phi) is 5.48. The van der Waals surface area contributed by atoms with E-state index < -0.39 is 0 Å². The molecule has 2 saturated heterocycles. The van der Waals surface area contributed by atoms with Gasteiger partial charge < -0.3 is 15.5 Å². The Morgan fingerprint density at radius 2 is 2.00 bits per heavy atom. The number of hydrogen-bond donors (Lipinski definition) is 2. The Labute approximate surface area is 145 Å². The molecule has 2 heterocycles. The highest BCUT2D eigenvalue weighted by Crippen LogP contribution is 2.59. The second-order valence-electron chi connectivity index (χ2n) is 8.13. The number of piperidine rings is 2. The van der Waals surface area contributed by atoms with Gasteiger partial charge in [-0.3, -0.25) is 9.59 Å². The lowest BCUT2D eigenvalue weighted by atomic mass is 9.89. The van der Waals surface area contributed by atoms with Gasteiger partial charge in [0.25, 0.3) is 0 Å². The summed E-state index contributed by atoms with van der Waals surface area (Å²) in [5, 5.41) is 6.44. The van der Waals surface area contributed by atoms with E-state index in [-0.39, 0.29) is 29.2 Å². The molecule has 3 unspecified atom stereocenters. The van der Waals surface area contributed by atoms with Crippen LogP contribution in [-0.4, -0.2) is 48.9 Å². The third-order valence-electron chi connectivity index (χ3n) is 6.45. The number of unbranched alkanes of at least 4 members (excludes halogenated alkanes) is 1. The second-order valence-corrected chi connectivity index (χ2v) is 8.13. The summed E-state index contributed by atoms with van der Waals surface area (Å²) in [6.07, 6.45) is 7.28. The van der Waals surface area contributed by atoms with Crippen molar-refractivity contribution in [2.45, 2.75) is 64.8 Å². The zero-order chi connectivity index (χ0) is 17.2. The quantitative estimate of drug-likeness (QED) is 0.755. The maximum Gasteiger partial charge on any atom is 0.226 e. The van der Waals surface area contributed by atoms with Gasteiger partial charge in [0.15, 0.2) is 0 Å². The minimum Gasteiger partial charge on any atom is -0.356 e. The van der Waals surface area contributed by atoms with Crippen LogP contribution in [0, 0.1) is 17.3 Å². The zero-order valence-corrected chi connectivity index (χ0v) is 15.3. The minimum atomic E-state index is -0.0234. The molecule has 3 fully saturated rings. The van der Waals surface area contributed by atoms with Crippen LogP contribution in [0.1, 0.15) is 58.8 Å². The Balaban J connectivity index is 1.56. The van der Waals surface area contributed by atoms with Crippen molar-refractivity contribution in [3.05, 3.63) is 0 Å². The SMILES string of the molecule is CCCCNC(=O)C1CCC(C)N(C(=O)C2CC23CCNCC3)C1. The van der Waals surface area contributed by atoms with Gasteiger partial charge >= 0.3 is 0 Å². The molecule has 24 heavy (non-hydrogen) atoms. The summed E-state index contributed by atoms with van der Waals surface area (Å²) in [6, 6.07) is 0.275. The average Bonchev–Trinajstić information content (AvgIpc) is 3.28. The topological polar surface area (TPSA) is 61.4 Å². The van der Waals surface area contributed by atoms with E-state index >= 15 is 0 Å². The van der Waals surface area contributed by atoms with E-state index in [0.29, 0.717) is 12.5 Å². The first-order chi connectivity index (χ1) is 11.6. The Morgan fingerprint density at radius 1 is 1.25 bits per heavy atom. The van der Waals surface area contributed by atoms with E-state index in [1.165, 1.54) is 0 Å². The minimum absolute atomic E-state index is 0.0234. The fraction of sp³-hybridized carbons (Fsp3) is 0.895. The number of amides is 2. The molecule has 5 heteroatoms. The van der Waals surface area contributed by atoms with Crippen LogP contribution >= 0.6 is 0 Å². The number of nitrogens with zero attached hydrogens (tertiary/aromatic N) is 1. The van der Waals surface area contributed by atoms with Crippen molar-refractivity contribution in [2.75, 3.05) is 26.2 Å². The van der Waals surface area contributed by atoms with E-state index in [1.807, 2.05) is 4.90 Å². The highest BCUT2D eigenvalue weighted by molar-refractivity contribution is 5.85. The molecule has 3 rings (SSSR count). The largest absolute Gasteiger partial charge is 0.356 e. The molecule has 0 aromatic rings. The summed E-state index contributed by atoms with van der Waals surface area (Å²) < 4.78 is 0. The Morgan fingerprint density at radius 3 is 2.71 bits per heavy atom. The van der Waals surface area contributed by atoms with Crippen molar-refractivity contribution in [3.63, 3.8) is 0 Å². The summed E-state index contributed by atoms with van der Waals surface area (Å²) in [7, 11) is 0. The highest BCUT2D eigenvalue weighted by Gasteiger charge is 2.59. The predicted octanol–water partition coefficient (Wildman–Crippen LogP) is 1.92. The first kappa shape index (κ1) is 17.7. The van der Waals surface area contributed by atoms with Crippen molar-refractivity contribution in [2.24, 2.45) is 17.3 Å². The molecule has 1 saturated carbocycles. The number of carbonyl (C=O) groups excluding carboxylic acids is 2. The molecule has 2 amide bonds. The van der Waals surface area contributed by atoms with Gasteiger partial charge in [-0.15, -0.1) is 0 Å². The van der Waals surface area contributed by atoms with Gasteiger partial charge in [0.1, 0.15) is 0 Å². The van der Waals surface area contributed by atoms with E-state index in [4.69, 9.17) is 0 Å². The average molecular weight is 335 g/mol. The first-order valence-electron chi connectivity index (χ1n) is 9.86. The molecule has 2 aliphatic heterocycles.